The highest BCUT2D eigenvalue weighted by molar-refractivity contribution is 7.99. The zero-order valence-corrected chi connectivity index (χ0v) is 12.7. The number of anilines is 1. The highest BCUT2D eigenvalue weighted by Gasteiger charge is 2.30. The predicted octanol–water partition coefficient (Wildman–Crippen LogP) is 4.06. The van der Waals surface area contributed by atoms with E-state index in [-0.39, 0.29) is 11.8 Å². The molecule has 0 radical (unpaired) electrons. The van der Waals surface area contributed by atoms with Gasteiger partial charge in [-0.25, -0.2) is 0 Å². The molecule has 1 amide bonds. The molecular formula is C17H15N3OS. The minimum absolute atomic E-state index is 0.0798. The van der Waals surface area contributed by atoms with Crippen molar-refractivity contribution in [3.63, 3.8) is 0 Å². The molecule has 2 aromatic carbocycles. The number of H-pyrrole nitrogens is 1. The quantitative estimate of drug-likeness (QED) is 0.764. The molecule has 1 saturated carbocycles. The van der Waals surface area contributed by atoms with Crippen LogP contribution in [0.25, 0.3) is 10.9 Å². The Bertz CT molecular complexity index is 824. The average Bonchev–Trinajstić information content (AvgIpc) is 3.32. The van der Waals surface area contributed by atoms with Crippen LogP contribution in [-0.2, 0) is 4.79 Å². The Kier molecular flexibility index (Phi) is 3.35. The van der Waals surface area contributed by atoms with Gasteiger partial charge in [0.1, 0.15) is 0 Å². The molecule has 22 heavy (non-hydrogen) atoms. The van der Waals surface area contributed by atoms with Gasteiger partial charge in [-0.3, -0.25) is 9.89 Å². The van der Waals surface area contributed by atoms with E-state index >= 15 is 0 Å². The fourth-order valence-corrected chi connectivity index (χ4v) is 3.22. The maximum atomic E-state index is 11.9. The van der Waals surface area contributed by atoms with Gasteiger partial charge in [-0.2, -0.15) is 5.10 Å². The molecule has 0 atom stereocenters. The SMILES string of the molecule is O=C(Nc1n[nH]c2cc(Sc3ccccc3)ccc12)C1CC1. The van der Waals surface area contributed by atoms with E-state index < -0.39 is 0 Å². The van der Waals surface area contributed by atoms with Gasteiger partial charge in [-0.15, -0.1) is 0 Å². The standard InChI is InChI=1S/C17H15N3OS/c21-17(11-6-7-11)18-16-14-9-8-13(10-15(14)19-20-16)22-12-4-2-1-3-5-12/h1-5,8-11H,6-7H2,(H2,18,19,20,21). The fourth-order valence-electron chi connectivity index (χ4n) is 2.35. The number of hydrogen-bond acceptors (Lipinski definition) is 3. The van der Waals surface area contributed by atoms with Crippen LogP contribution in [0.4, 0.5) is 5.82 Å². The number of carbonyl (C=O) groups excluding carboxylic acids is 1. The minimum atomic E-state index is 0.0798. The third-order valence-corrected chi connectivity index (χ3v) is 4.70. The molecule has 0 aliphatic heterocycles. The van der Waals surface area contributed by atoms with Gasteiger partial charge in [0.2, 0.25) is 5.91 Å². The molecular weight excluding hydrogens is 294 g/mol. The summed E-state index contributed by atoms with van der Waals surface area (Å²) in [6, 6.07) is 16.4. The molecule has 5 heteroatoms. The third kappa shape index (κ3) is 2.72. The minimum Gasteiger partial charge on any atom is -0.308 e. The van der Waals surface area contributed by atoms with Crippen LogP contribution in [0.3, 0.4) is 0 Å². The Morgan fingerprint density at radius 1 is 1.14 bits per heavy atom. The molecule has 1 aliphatic carbocycles. The number of fused-ring (bicyclic) bond motifs is 1. The average molecular weight is 309 g/mol. The summed E-state index contributed by atoms with van der Waals surface area (Å²) in [5, 5.41) is 11.1. The van der Waals surface area contributed by atoms with Crippen LogP contribution >= 0.6 is 11.8 Å². The second-order valence-corrected chi connectivity index (χ2v) is 6.61. The number of hydrogen-bond donors (Lipinski definition) is 2. The van der Waals surface area contributed by atoms with Crippen LogP contribution in [0.1, 0.15) is 12.8 Å². The van der Waals surface area contributed by atoms with Crippen molar-refractivity contribution < 1.29 is 4.79 Å². The molecule has 1 aliphatic rings. The molecule has 1 heterocycles. The summed E-state index contributed by atoms with van der Waals surface area (Å²) in [5.74, 6) is 0.888. The Hall–Kier alpha value is -2.27. The first kappa shape index (κ1) is 13.4. The van der Waals surface area contributed by atoms with Gasteiger partial charge in [-0.05, 0) is 43.2 Å². The summed E-state index contributed by atoms with van der Waals surface area (Å²) < 4.78 is 0. The summed E-state index contributed by atoms with van der Waals surface area (Å²) in [6.45, 7) is 0. The van der Waals surface area contributed by atoms with E-state index in [2.05, 4.69) is 39.8 Å². The lowest BCUT2D eigenvalue weighted by Crippen LogP contribution is -2.13. The van der Waals surface area contributed by atoms with Crippen LogP contribution in [0.2, 0.25) is 0 Å². The fraction of sp³-hybridized carbons (Fsp3) is 0.176. The molecule has 0 spiro atoms. The van der Waals surface area contributed by atoms with E-state index in [1.54, 1.807) is 11.8 Å². The molecule has 1 aromatic heterocycles. The number of nitrogens with zero attached hydrogens (tertiary/aromatic N) is 1. The van der Waals surface area contributed by atoms with Crippen molar-refractivity contribution in [1.29, 1.82) is 0 Å². The molecule has 0 unspecified atom stereocenters. The summed E-state index contributed by atoms with van der Waals surface area (Å²) in [6.07, 6.45) is 1.98. The Morgan fingerprint density at radius 2 is 1.95 bits per heavy atom. The Labute approximate surface area is 132 Å². The first-order valence-corrected chi connectivity index (χ1v) is 8.13. The van der Waals surface area contributed by atoms with Gasteiger partial charge in [0.15, 0.2) is 5.82 Å². The zero-order chi connectivity index (χ0) is 14.9. The van der Waals surface area contributed by atoms with E-state index in [9.17, 15) is 4.79 Å². The number of rotatable bonds is 4. The number of nitrogens with one attached hydrogen (secondary N) is 2. The smallest absolute Gasteiger partial charge is 0.228 e. The summed E-state index contributed by atoms with van der Waals surface area (Å²) in [4.78, 5) is 14.2. The largest absolute Gasteiger partial charge is 0.308 e. The predicted molar refractivity (Wildman–Crippen MR) is 88.0 cm³/mol. The molecule has 0 bridgehead atoms. The van der Waals surface area contributed by atoms with Gasteiger partial charge < -0.3 is 5.32 Å². The molecule has 2 N–H and O–H groups in total. The number of aromatic nitrogens is 2. The number of aromatic amines is 1. The lowest BCUT2D eigenvalue weighted by molar-refractivity contribution is -0.117. The van der Waals surface area contributed by atoms with E-state index in [0.717, 1.165) is 28.6 Å². The lowest BCUT2D eigenvalue weighted by atomic mass is 10.2. The second-order valence-electron chi connectivity index (χ2n) is 5.46. The van der Waals surface area contributed by atoms with Crippen molar-refractivity contribution in [2.24, 2.45) is 5.92 Å². The monoisotopic (exact) mass is 309 g/mol. The van der Waals surface area contributed by atoms with Crippen LogP contribution in [0, 0.1) is 5.92 Å². The number of carbonyl (C=O) groups is 1. The molecule has 110 valence electrons. The van der Waals surface area contributed by atoms with Gasteiger partial charge >= 0.3 is 0 Å². The number of benzene rings is 2. The van der Waals surface area contributed by atoms with E-state index in [1.165, 1.54) is 4.90 Å². The maximum absolute atomic E-state index is 11.9. The lowest BCUT2D eigenvalue weighted by Gasteiger charge is -2.03. The molecule has 3 aromatic rings. The van der Waals surface area contributed by atoms with Crippen molar-refractivity contribution in [2.75, 3.05) is 5.32 Å². The molecule has 4 nitrogen and oxygen atoms in total. The maximum Gasteiger partial charge on any atom is 0.228 e. The van der Waals surface area contributed by atoms with Gasteiger partial charge in [0.05, 0.1) is 5.52 Å². The van der Waals surface area contributed by atoms with E-state index in [4.69, 9.17) is 0 Å². The van der Waals surface area contributed by atoms with Gasteiger partial charge in [0, 0.05) is 21.1 Å². The zero-order valence-electron chi connectivity index (χ0n) is 11.9. The van der Waals surface area contributed by atoms with Crippen molar-refractivity contribution in [1.82, 2.24) is 10.2 Å². The topological polar surface area (TPSA) is 57.8 Å². The van der Waals surface area contributed by atoms with E-state index in [0.29, 0.717) is 5.82 Å². The van der Waals surface area contributed by atoms with Crippen LogP contribution in [0.15, 0.2) is 58.3 Å². The summed E-state index contributed by atoms with van der Waals surface area (Å²) in [7, 11) is 0. The first-order valence-electron chi connectivity index (χ1n) is 7.31. The molecule has 4 rings (SSSR count). The van der Waals surface area contributed by atoms with Crippen molar-refractivity contribution >= 4 is 34.4 Å². The Morgan fingerprint density at radius 3 is 2.73 bits per heavy atom. The second kappa shape index (κ2) is 5.50. The van der Waals surface area contributed by atoms with E-state index in [1.807, 2.05) is 24.3 Å². The number of amides is 1. The third-order valence-electron chi connectivity index (χ3n) is 3.70. The van der Waals surface area contributed by atoms with Crippen molar-refractivity contribution in [2.45, 2.75) is 22.6 Å². The Balaban J connectivity index is 1.58. The molecule has 0 saturated heterocycles. The van der Waals surface area contributed by atoms with Crippen LogP contribution < -0.4 is 5.32 Å². The summed E-state index contributed by atoms with van der Waals surface area (Å²) in [5.41, 5.74) is 0.937. The normalized spacial score (nSPS) is 14.2. The molecule has 1 fully saturated rings. The first-order chi connectivity index (χ1) is 10.8. The highest BCUT2D eigenvalue weighted by Crippen LogP contribution is 2.33. The van der Waals surface area contributed by atoms with Crippen molar-refractivity contribution in [3.8, 4) is 0 Å². The van der Waals surface area contributed by atoms with Crippen LogP contribution in [-0.4, -0.2) is 16.1 Å². The highest BCUT2D eigenvalue weighted by atomic mass is 32.2. The van der Waals surface area contributed by atoms with Crippen molar-refractivity contribution in [3.05, 3.63) is 48.5 Å². The van der Waals surface area contributed by atoms with Gasteiger partial charge in [0.25, 0.3) is 0 Å². The van der Waals surface area contributed by atoms with Crippen LogP contribution in [0.5, 0.6) is 0 Å². The summed E-state index contributed by atoms with van der Waals surface area (Å²) >= 11 is 1.71. The van der Waals surface area contributed by atoms with Gasteiger partial charge in [-0.1, -0.05) is 30.0 Å².